The molecule has 2 unspecified atom stereocenters. The lowest BCUT2D eigenvalue weighted by atomic mass is 9.99. The van der Waals surface area contributed by atoms with E-state index >= 15 is 0 Å². The van der Waals surface area contributed by atoms with E-state index in [4.69, 9.17) is 23.2 Å². The summed E-state index contributed by atoms with van der Waals surface area (Å²) >= 11 is 12.2. The molecule has 0 N–H and O–H groups in total. The van der Waals surface area contributed by atoms with Gasteiger partial charge < -0.3 is 0 Å². The molecule has 0 aliphatic heterocycles. The summed E-state index contributed by atoms with van der Waals surface area (Å²) in [7, 11) is 0. The maximum absolute atomic E-state index is 6.17. The summed E-state index contributed by atoms with van der Waals surface area (Å²) in [5.41, 5.74) is 0. The van der Waals surface area contributed by atoms with Gasteiger partial charge in [-0.1, -0.05) is 20.3 Å². The Morgan fingerprint density at radius 3 is 2.27 bits per heavy atom. The zero-order valence-corrected chi connectivity index (χ0v) is 9.17. The van der Waals surface area contributed by atoms with Crippen molar-refractivity contribution in [3.05, 3.63) is 0 Å². The molecule has 0 spiro atoms. The molecule has 0 saturated heterocycles. The van der Waals surface area contributed by atoms with Gasteiger partial charge in [0.25, 0.3) is 0 Å². The second kappa shape index (κ2) is 5.27. The van der Waals surface area contributed by atoms with Crippen LogP contribution < -0.4 is 0 Å². The Morgan fingerprint density at radius 1 is 1.36 bits per heavy atom. The first-order chi connectivity index (χ1) is 5.02. The molecule has 0 aromatic carbocycles. The Kier molecular flexibility index (Phi) is 5.54. The summed E-state index contributed by atoms with van der Waals surface area (Å²) in [6, 6.07) is 0. The molecule has 68 valence electrons. The molecule has 0 nitrogen and oxygen atoms in total. The molecule has 0 radical (unpaired) electrons. The van der Waals surface area contributed by atoms with Gasteiger partial charge in [-0.2, -0.15) is 0 Å². The largest absolute Gasteiger partial charge is 0.123 e. The predicted molar refractivity (Wildman–Crippen MR) is 53.7 cm³/mol. The van der Waals surface area contributed by atoms with E-state index in [1.165, 1.54) is 0 Å². The number of rotatable bonds is 5. The minimum atomic E-state index is -0.0956. The smallest absolute Gasteiger partial charge is 0.0430 e. The summed E-state index contributed by atoms with van der Waals surface area (Å²) in [5, 5.41) is 0.252. The van der Waals surface area contributed by atoms with Gasteiger partial charge in [-0.15, -0.1) is 23.2 Å². The summed E-state index contributed by atoms with van der Waals surface area (Å²) in [4.78, 5) is -0.0956. The van der Waals surface area contributed by atoms with Crippen molar-refractivity contribution in [2.45, 2.75) is 56.7 Å². The van der Waals surface area contributed by atoms with E-state index < -0.39 is 0 Å². The molecule has 2 atom stereocenters. The van der Waals surface area contributed by atoms with Crippen LogP contribution in [0, 0.1) is 0 Å². The molecule has 0 aliphatic rings. The molecule has 0 rings (SSSR count). The van der Waals surface area contributed by atoms with Crippen LogP contribution in [0.25, 0.3) is 0 Å². The van der Waals surface area contributed by atoms with Crippen molar-refractivity contribution in [3.63, 3.8) is 0 Å². The summed E-state index contributed by atoms with van der Waals surface area (Å²) in [6.07, 6.45) is 4.12. The van der Waals surface area contributed by atoms with Crippen molar-refractivity contribution in [1.82, 2.24) is 0 Å². The number of hydrogen-bond donors (Lipinski definition) is 0. The topological polar surface area (TPSA) is 0 Å². The van der Waals surface area contributed by atoms with Crippen LogP contribution in [0.3, 0.4) is 0 Å². The van der Waals surface area contributed by atoms with Crippen molar-refractivity contribution >= 4 is 23.2 Å². The monoisotopic (exact) mass is 196 g/mol. The van der Waals surface area contributed by atoms with E-state index in [9.17, 15) is 0 Å². The van der Waals surface area contributed by atoms with Gasteiger partial charge in [-0.25, -0.2) is 0 Å². The van der Waals surface area contributed by atoms with Crippen LogP contribution in [0.4, 0.5) is 0 Å². The van der Waals surface area contributed by atoms with E-state index in [0.29, 0.717) is 0 Å². The van der Waals surface area contributed by atoms with E-state index in [1.54, 1.807) is 0 Å². The van der Waals surface area contributed by atoms with E-state index in [2.05, 4.69) is 20.8 Å². The van der Waals surface area contributed by atoms with Crippen molar-refractivity contribution in [2.24, 2.45) is 0 Å². The molecule has 0 aromatic heterocycles. The SMILES string of the molecule is CCCC(Cl)CC(C)(Cl)CC. The molecule has 11 heavy (non-hydrogen) atoms. The lowest BCUT2D eigenvalue weighted by Gasteiger charge is -2.22. The third kappa shape index (κ3) is 5.81. The van der Waals surface area contributed by atoms with Crippen LogP contribution in [0.15, 0.2) is 0 Å². The highest BCUT2D eigenvalue weighted by atomic mass is 35.5. The van der Waals surface area contributed by atoms with Crippen LogP contribution >= 0.6 is 23.2 Å². The first-order valence-corrected chi connectivity index (χ1v) is 5.16. The van der Waals surface area contributed by atoms with Crippen molar-refractivity contribution in [3.8, 4) is 0 Å². The fourth-order valence-corrected chi connectivity index (χ4v) is 1.85. The highest BCUT2D eigenvalue weighted by Gasteiger charge is 2.21. The lowest BCUT2D eigenvalue weighted by molar-refractivity contribution is 0.522. The molecule has 0 amide bonds. The molecular weight excluding hydrogens is 179 g/mol. The zero-order valence-electron chi connectivity index (χ0n) is 7.66. The first kappa shape index (κ1) is 11.6. The van der Waals surface area contributed by atoms with Crippen molar-refractivity contribution in [1.29, 1.82) is 0 Å². The number of halogens is 2. The minimum absolute atomic E-state index is 0.0956. The Balaban J connectivity index is 3.64. The lowest BCUT2D eigenvalue weighted by Crippen LogP contribution is -2.20. The van der Waals surface area contributed by atoms with Gasteiger partial charge in [0.15, 0.2) is 0 Å². The molecule has 0 aliphatic carbocycles. The van der Waals surface area contributed by atoms with Crippen LogP contribution in [0.1, 0.15) is 46.5 Å². The fraction of sp³-hybridized carbons (Fsp3) is 1.00. The van der Waals surface area contributed by atoms with Crippen LogP contribution in [0.2, 0.25) is 0 Å². The molecule has 0 bridgehead atoms. The van der Waals surface area contributed by atoms with E-state index in [0.717, 1.165) is 25.7 Å². The number of hydrogen-bond acceptors (Lipinski definition) is 0. The van der Waals surface area contributed by atoms with Crippen molar-refractivity contribution in [2.75, 3.05) is 0 Å². The summed E-state index contributed by atoms with van der Waals surface area (Å²) < 4.78 is 0. The van der Waals surface area contributed by atoms with Crippen LogP contribution in [-0.2, 0) is 0 Å². The Hall–Kier alpha value is 0.580. The summed E-state index contributed by atoms with van der Waals surface area (Å²) in [6.45, 7) is 6.30. The quantitative estimate of drug-likeness (QED) is 0.579. The molecule has 0 saturated carbocycles. The molecular formula is C9H18Cl2. The maximum Gasteiger partial charge on any atom is 0.0430 e. The normalized spacial score (nSPS) is 19.4. The average Bonchev–Trinajstić information content (AvgIpc) is 1.87. The van der Waals surface area contributed by atoms with Gasteiger partial charge in [0.2, 0.25) is 0 Å². The third-order valence-corrected chi connectivity index (χ3v) is 2.78. The standard InChI is InChI=1S/C9H18Cl2/c1-4-6-8(10)7-9(3,11)5-2/h8H,4-7H2,1-3H3. The zero-order chi connectivity index (χ0) is 8.91. The van der Waals surface area contributed by atoms with Gasteiger partial charge in [-0.05, 0) is 26.2 Å². The first-order valence-electron chi connectivity index (χ1n) is 4.35. The van der Waals surface area contributed by atoms with Gasteiger partial charge in [0, 0.05) is 10.3 Å². The molecule has 0 heterocycles. The van der Waals surface area contributed by atoms with E-state index in [-0.39, 0.29) is 10.3 Å². The fourth-order valence-electron chi connectivity index (χ4n) is 1.02. The number of alkyl halides is 2. The molecule has 0 aromatic rings. The van der Waals surface area contributed by atoms with Crippen LogP contribution in [-0.4, -0.2) is 10.3 Å². The van der Waals surface area contributed by atoms with Gasteiger partial charge >= 0.3 is 0 Å². The highest BCUT2D eigenvalue weighted by Crippen LogP contribution is 2.28. The van der Waals surface area contributed by atoms with Gasteiger partial charge in [-0.3, -0.25) is 0 Å². The average molecular weight is 197 g/mol. The third-order valence-electron chi connectivity index (χ3n) is 1.99. The Labute approximate surface area is 80.3 Å². The Morgan fingerprint density at radius 2 is 1.91 bits per heavy atom. The highest BCUT2D eigenvalue weighted by molar-refractivity contribution is 6.25. The second-order valence-corrected chi connectivity index (χ2v) is 4.89. The van der Waals surface area contributed by atoms with Crippen molar-refractivity contribution < 1.29 is 0 Å². The van der Waals surface area contributed by atoms with Gasteiger partial charge in [0.05, 0.1) is 0 Å². The second-order valence-electron chi connectivity index (χ2n) is 3.36. The Bertz CT molecular complexity index is 99.7. The van der Waals surface area contributed by atoms with E-state index in [1.807, 2.05) is 0 Å². The summed E-state index contributed by atoms with van der Waals surface area (Å²) in [5.74, 6) is 0. The van der Waals surface area contributed by atoms with Gasteiger partial charge in [0.1, 0.15) is 0 Å². The molecule has 0 fully saturated rings. The predicted octanol–water partition coefficient (Wildman–Crippen LogP) is 4.19. The minimum Gasteiger partial charge on any atom is -0.123 e. The maximum atomic E-state index is 6.17. The van der Waals surface area contributed by atoms with Crippen LogP contribution in [0.5, 0.6) is 0 Å². The molecule has 2 heteroatoms.